The van der Waals surface area contributed by atoms with Crippen LogP contribution < -0.4 is 10.5 Å². The largest absolute Gasteiger partial charge is 0.416 e. The molecule has 0 aliphatic heterocycles. The maximum Gasteiger partial charge on any atom is 0.416 e. The van der Waals surface area contributed by atoms with Gasteiger partial charge in [-0.2, -0.15) is 13.2 Å². The SMILES string of the molecule is NS(=O)(=O)c1ccc(CCC(=O)NCc2cccc(C(F)(F)F)c2)cc1. The number of benzene rings is 2. The van der Waals surface area contributed by atoms with Crippen LogP contribution in [0.25, 0.3) is 0 Å². The van der Waals surface area contributed by atoms with Gasteiger partial charge in [0.05, 0.1) is 10.5 Å². The minimum Gasteiger partial charge on any atom is -0.352 e. The summed E-state index contributed by atoms with van der Waals surface area (Å²) in [4.78, 5) is 11.8. The predicted molar refractivity (Wildman–Crippen MR) is 89.4 cm³/mol. The quantitative estimate of drug-likeness (QED) is 0.800. The molecule has 0 atom stereocenters. The van der Waals surface area contributed by atoms with Gasteiger partial charge in [-0.15, -0.1) is 0 Å². The van der Waals surface area contributed by atoms with Crippen LogP contribution in [0, 0.1) is 0 Å². The number of hydrogen-bond acceptors (Lipinski definition) is 3. The summed E-state index contributed by atoms with van der Waals surface area (Å²) < 4.78 is 60.3. The van der Waals surface area contributed by atoms with Gasteiger partial charge in [0.1, 0.15) is 0 Å². The van der Waals surface area contributed by atoms with Gasteiger partial charge in [-0.1, -0.05) is 24.3 Å². The summed E-state index contributed by atoms with van der Waals surface area (Å²) in [6.45, 7) is -0.00684. The molecule has 0 spiro atoms. The molecule has 0 aliphatic carbocycles. The number of nitrogens with one attached hydrogen (secondary N) is 1. The van der Waals surface area contributed by atoms with Crippen LogP contribution >= 0.6 is 0 Å². The van der Waals surface area contributed by atoms with Crippen LogP contribution in [-0.2, 0) is 34.0 Å². The second kappa shape index (κ2) is 7.88. The van der Waals surface area contributed by atoms with Gasteiger partial charge in [-0.05, 0) is 41.8 Å². The minimum absolute atomic E-state index is 0.00684. The van der Waals surface area contributed by atoms with E-state index in [0.717, 1.165) is 17.7 Å². The number of carbonyl (C=O) groups excluding carboxylic acids is 1. The Morgan fingerprint density at radius 2 is 1.69 bits per heavy atom. The zero-order valence-corrected chi connectivity index (χ0v) is 14.4. The molecule has 2 rings (SSSR count). The van der Waals surface area contributed by atoms with E-state index in [4.69, 9.17) is 5.14 Å². The van der Waals surface area contributed by atoms with Crippen molar-refractivity contribution >= 4 is 15.9 Å². The molecule has 0 heterocycles. The third kappa shape index (κ3) is 5.85. The summed E-state index contributed by atoms with van der Waals surface area (Å²) >= 11 is 0. The second-order valence-corrected chi connectivity index (χ2v) is 7.23. The first-order chi connectivity index (χ1) is 12.1. The average Bonchev–Trinajstić information content (AvgIpc) is 2.57. The molecule has 0 fully saturated rings. The lowest BCUT2D eigenvalue weighted by Gasteiger charge is -2.10. The summed E-state index contributed by atoms with van der Waals surface area (Å²) in [5.74, 6) is -0.321. The molecule has 5 nitrogen and oxygen atoms in total. The van der Waals surface area contributed by atoms with E-state index >= 15 is 0 Å². The zero-order valence-electron chi connectivity index (χ0n) is 13.6. The number of halogens is 3. The summed E-state index contributed by atoms with van der Waals surface area (Å²) in [6.07, 6.45) is -3.95. The van der Waals surface area contributed by atoms with E-state index in [2.05, 4.69) is 5.32 Å². The van der Waals surface area contributed by atoms with Crippen molar-refractivity contribution in [1.82, 2.24) is 5.32 Å². The Morgan fingerprint density at radius 1 is 1.04 bits per heavy atom. The van der Waals surface area contributed by atoms with Gasteiger partial charge in [0.2, 0.25) is 15.9 Å². The van der Waals surface area contributed by atoms with Crippen LogP contribution in [0.15, 0.2) is 53.4 Å². The molecule has 0 aliphatic rings. The zero-order chi connectivity index (χ0) is 19.4. The molecule has 9 heteroatoms. The van der Waals surface area contributed by atoms with E-state index in [-0.39, 0.29) is 23.8 Å². The lowest BCUT2D eigenvalue weighted by atomic mass is 10.1. The first-order valence-electron chi connectivity index (χ1n) is 7.60. The van der Waals surface area contributed by atoms with Crippen molar-refractivity contribution in [1.29, 1.82) is 0 Å². The smallest absolute Gasteiger partial charge is 0.352 e. The molecule has 2 aromatic rings. The number of carbonyl (C=O) groups is 1. The molecule has 140 valence electrons. The molecule has 1 amide bonds. The highest BCUT2D eigenvalue weighted by atomic mass is 32.2. The summed E-state index contributed by atoms with van der Waals surface area (Å²) in [7, 11) is -3.76. The highest BCUT2D eigenvalue weighted by molar-refractivity contribution is 7.89. The molecule has 0 aromatic heterocycles. The van der Waals surface area contributed by atoms with Gasteiger partial charge in [0.25, 0.3) is 0 Å². The Morgan fingerprint density at radius 3 is 2.27 bits per heavy atom. The summed E-state index contributed by atoms with van der Waals surface area (Å²) in [5, 5.41) is 7.56. The maximum absolute atomic E-state index is 12.6. The van der Waals surface area contributed by atoms with Crippen molar-refractivity contribution in [2.75, 3.05) is 0 Å². The number of alkyl halides is 3. The third-order valence-corrected chi connectivity index (χ3v) is 4.57. The lowest BCUT2D eigenvalue weighted by Crippen LogP contribution is -2.23. The molecule has 2 aromatic carbocycles. The van der Waals surface area contributed by atoms with E-state index in [1.54, 1.807) is 12.1 Å². The van der Waals surface area contributed by atoms with Crippen LogP contribution in [0.4, 0.5) is 13.2 Å². The number of nitrogens with two attached hydrogens (primary N) is 1. The second-order valence-electron chi connectivity index (χ2n) is 5.66. The molecule has 0 saturated heterocycles. The number of aryl methyl sites for hydroxylation is 1. The van der Waals surface area contributed by atoms with Crippen LogP contribution in [0.3, 0.4) is 0 Å². The van der Waals surface area contributed by atoms with Crippen LogP contribution in [0.1, 0.15) is 23.1 Å². The Kier molecular flexibility index (Phi) is 6.04. The molecular formula is C17H17F3N2O3S. The van der Waals surface area contributed by atoms with E-state index in [0.29, 0.717) is 12.0 Å². The van der Waals surface area contributed by atoms with Gasteiger partial charge in [0.15, 0.2) is 0 Å². The fourth-order valence-electron chi connectivity index (χ4n) is 2.25. The van der Waals surface area contributed by atoms with Crippen molar-refractivity contribution < 1.29 is 26.4 Å². The van der Waals surface area contributed by atoms with Crippen molar-refractivity contribution in [3.05, 3.63) is 65.2 Å². The Labute approximate surface area is 149 Å². The van der Waals surface area contributed by atoms with Gasteiger partial charge in [0, 0.05) is 13.0 Å². The monoisotopic (exact) mass is 386 g/mol. The minimum atomic E-state index is -4.43. The van der Waals surface area contributed by atoms with Gasteiger partial charge in [-0.3, -0.25) is 4.79 Å². The lowest BCUT2D eigenvalue weighted by molar-refractivity contribution is -0.137. The number of amides is 1. The topological polar surface area (TPSA) is 89.3 Å². The van der Waals surface area contributed by atoms with E-state index in [1.165, 1.54) is 24.3 Å². The number of rotatable bonds is 6. The molecule has 26 heavy (non-hydrogen) atoms. The fourth-order valence-corrected chi connectivity index (χ4v) is 2.77. The van der Waals surface area contributed by atoms with Crippen LogP contribution in [0.5, 0.6) is 0 Å². The molecular weight excluding hydrogens is 369 g/mol. The van der Waals surface area contributed by atoms with Crippen LogP contribution in [-0.4, -0.2) is 14.3 Å². The third-order valence-electron chi connectivity index (χ3n) is 3.64. The van der Waals surface area contributed by atoms with E-state index in [1.807, 2.05) is 0 Å². The molecule has 0 saturated carbocycles. The Hall–Kier alpha value is -2.39. The normalized spacial score (nSPS) is 12.0. The maximum atomic E-state index is 12.6. The average molecular weight is 386 g/mol. The highest BCUT2D eigenvalue weighted by Gasteiger charge is 2.30. The van der Waals surface area contributed by atoms with Gasteiger partial charge >= 0.3 is 6.18 Å². The Bertz CT molecular complexity index is 879. The van der Waals surface area contributed by atoms with Crippen molar-refractivity contribution in [3.8, 4) is 0 Å². The highest BCUT2D eigenvalue weighted by Crippen LogP contribution is 2.29. The van der Waals surface area contributed by atoms with Crippen molar-refractivity contribution in [2.24, 2.45) is 5.14 Å². The first kappa shape index (κ1) is 19.9. The predicted octanol–water partition coefficient (Wildman–Crippen LogP) is 2.60. The van der Waals surface area contributed by atoms with Crippen LogP contribution in [0.2, 0.25) is 0 Å². The molecule has 0 radical (unpaired) electrons. The van der Waals surface area contributed by atoms with E-state index < -0.39 is 21.8 Å². The number of primary sulfonamides is 1. The summed E-state index contributed by atoms with van der Waals surface area (Å²) in [6, 6.07) is 10.6. The van der Waals surface area contributed by atoms with Crippen molar-refractivity contribution in [3.63, 3.8) is 0 Å². The summed E-state index contributed by atoms with van der Waals surface area (Å²) in [5.41, 5.74) is 0.330. The molecule has 3 N–H and O–H groups in total. The van der Waals surface area contributed by atoms with Crippen molar-refractivity contribution in [2.45, 2.75) is 30.5 Å². The number of sulfonamides is 1. The Balaban J connectivity index is 1.86. The van der Waals surface area contributed by atoms with Gasteiger partial charge < -0.3 is 5.32 Å². The number of hydrogen-bond donors (Lipinski definition) is 2. The van der Waals surface area contributed by atoms with E-state index in [9.17, 15) is 26.4 Å². The van der Waals surface area contributed by atoms with Gasteiger partial charge in [-0.25, -0.2) is 13.6 Å². The molecule has 0 unspecified atom stereocenters. The molecule has 0 bridgehead atoms. The fraction of sp³-hybridized carbons (Fsp3) is 0.235. The first-order valence-corrected chi connectivity index (χ1v) is 9.15. The standard InChI is InChI=1S/C17H17F3N2O3S/c18-17(19,20)14-3-1-2-13(10-14)11-22-16(23)9-6-12-4-7-15(8-5-12)26(21,24)25/h1-5,7-8,10H,6,9,11H2,(H,22,23)(H2,21,24,25).